The van der Waals surface area contributed by atoms with Gasteiger partial charge in [0, 0.05) is 13.1 Å². The van der Waals surface area contributed by atoms with Crippen LogP contribution in [0.5, 0.6) is 0 Å². The molecule has 0 bridgehead atoms. The molecule has 1 N–H and O–H groups in total. The Hall–Kier alpha value is -1.73. The van der Waals surface area contributed by atoms with Crippen molar-refractivity contribution in [3.8, 4) is 0 Å². The van der Waals surface area contributed by atoms with Crippen molar-refractivity contribution in [2.45, 2.75) is 38.1 Å². The number of ketones is 1. The Morgan fingerprint density at radius 1 is 1.17 bits per heavy atom. The van der Waals surface area contributed by atoms with Crippen molar-refractivity contribution in [2.75, 3.05) is 19.3 Å². The molecule has 0 saturated carbocycles. The first kappa shape index (κ1) is 18.6. The number of carbonyl (C=O) groups is 2. The SMILES string of the molecule is CC(=O)C1(c2ccccc2)CCN(C(=O)C(C)NS(C)(=O)=O)CC1. The van der Waals surface area contributed by atoms with Gasteiger partial charge in [0.25, 0.3) is 0 Å². The largest absolute Gasteiger partial charge is 0.341 e. The Bertz CT molecular complexity index is 707. The highest BCUT2D eigenvalue weighted by atomic mass is 32.2. The summed E-state index contributed by atoms with van der Waals surface area (Å²) >= 11 is 0. The minimum absolute atomic E-state index is 0.100. The lowest BCUT2D eigenvalue weighted by atomic mass is 9.70. The summed E-state index contributed by atoms with van der Waals surface area (Å²) in [5.74, 6) is -0.159. The number of piperidine rings is 1. The number of benzene rings is 1. The van der Waals surface area contributed by atoms with Crippen molar-refractivity contribution < 1.29 is 18.0 Å². The van der Waals surface area contributed by atoms with Crippen LogP contribution >= 0.6 is 0 Å². The number of likely N-dealkylation sites (tertiary alicyclic amines) is 1. The molecule has 0 aromatic heterocycles. The smallest absolute Gasteiger partial charge is 0.240 e. The Morgan fingerprint density at radius 3 is 2.17 bits per heavy atom. The van der Waals surface area contributed by atoms with E-state index in [1.807, 2.05) is 30.3 Å². The number of Topliss-reactive ketones (excluding diaryl/α,β-unsaturated/α-hetero) is 1. The van der Waals surface area contributed by atoms with Gasteiger partial charge in [-0.1, -0.05) is 30.3 Å². The summed E-state index contributed by atoms with van der Waals surface area (Å²) in [6.07, 6.45) is 2.12. The summed E-state index contributed by atoms with van der Waals surface area (Å²) in [5.41, 5.74) is 0.415. The standard InChI is InChI=1S/C17H24N2O4S/c1-13(18-24(3,22)23)16(21)19-11-9-17(10-12-19,14(2)20)15-7-5-4-6-8-15/h4-8,13,18H,9-12H2,1-3H3. The molecule has 6 nitrogen and oxygen atoms in total. The van der Waals surface area contributed by atoms with Crippen LogP contribution in [0.15, 0.2) is 30.3 Å². The molecule has 7 heteroatoms. The van der Waals surface area contributed by atoms with Gasteiger partial charge in [-0.25, -0.2) is 13.1 Å². The Kier molecular flexibility index (Phi) is 5.45. The maximum absolute atomic E-state index is 12.4. The van der Waals surface area contributed by atoms with E-state index in [0.717, 1.165) is 11.8 Å². The summed E-state index contributed by atoms with van der Waals surface area (Å²) in [4.78, 5) is 26.4. The molecule has 1 fully saturated rings. The van der Waals surface area contributed by atoms with E-state index >= 15 is 0 Å². The van der Waals surface area contributed by atoms with Crippen molar-refractivity contribution in [1.82, 2.24) is 9.62 Å². The number of carbonyl (C=O) groups excluding carboxylic acids is 2. The van der Waals surface area contributed by atoms with E-state index in [1.54, 1.807) is 11.8 Å². The van der Waals surface area contributed by atoms with Crippen LogP contribution < -0.4 is 4.72 Å². The van der Waals surface area contributed by atoms with Crippen molar-refractivity contribution in [3.05, 3.63) is 35.9 Å². The Morgan fingerprint density at radius 2 is 1.71 bits per heavy atom. The summed E-state index contributed by atoms with van der Waals surface area (Å²) in [7, 11) is -3.44. The molecular weight excluding hydrogens is 328 g/mol. The van der Waals surface area contributed by atoms with E-state index in [1.165, 1.54) is 6.92 Å². The third-order valence-electron chi connectivity index (χ3n) is 4.69. The summed E-state index contributed by atoms with van der Waals surface area (Å²) in [6.45, 7) is 4.00. The highest BCUT2D eigenvalue weighted by Crippen LogP contribution is 2.36. The number of hydrogen-bond donors (Lipinski definition) is 1. The van der Waals surface area contributed by atoms with E-state index in [-0.39, 0.29) is 11.7 Å². The van der Waals surface area contributed by atoms with Gasteiger partial charge in [0.2, 0.25) is 15.9 Å². The van der Waals surface area contributed by atoms with Gasteiger partial charge in [-0.15, -0.1) is 0 Å². The van der Waals surface area contributed by atoms with E-state index in [4.69, 9.17) is 0 Å². The van der Waals surface area contributed by atoms with Gasteiger partial charge in [-0.3, -0.25) is 9.59 Å². The molecule has 1 amide bonds. The number of rotatable bonds is 5. The topological polar surface area (TPSA) is 83.6 Å². The van der Waals surface area contributed by atoms with E-state index in [9.17, 15) is 18.0 Å². The third kappa shape index (κ3) is 4.02. The molecule has 0 radical (unpaired) electrons. The normalized spacial score (nSPS) is 18.9. The van der Waals surface area contributed by atoms with Crippen molar-refractivity contribution >= 4 is 21.7 Å². The number of nitrogens with zero attached hydrogens (tertiary/aromatic N) is 1. The Balaban J connectivity index is 2.11. The lowest BCUT2D eigenvalue weighted by Gasteiger charge is -2.41. The van der Waals surface area contributed by atoms with Gasteiger partial charge < -0.3 is 4.90 Å². The second kappa shape index (κ2) is 7.03. The zero-order valence-corrected chi connectivity index (χ0v) is 15.1. The molecule has 1 saturated heterocycles. The zero-order chi connectivity index (χ0) is 18.0. The fraction of sp³-hybridized carbons (Fsp3) is 0.529. The van der Waals surface area contributed by atoms with Gasteiger partial charge in [0.05, 0.1) is 17.7 Å². The molecule has 1 aliphatic rings. The average molecular weight is 352 g/mol. The van der Waals surface area contributed by atoms with E-state index < -0.39 is 21.5 Å². The summed E-state index contributed by atoms with van der Waals surface area (Å²) < 4.78 is 24.9. The van der Waals surface area contributed by atoms with Crippen molar-refractivity contribution in [3.63, 3.8) is 0 Å². The quantitative estimate of drug-likeness (QED) is 0.859. The van der Waals surface area contributed by atoms with Gasteiger partial charge in [0.15, 0.2) is 0 Å². The van der Waals surface area contributed by atoms with Crippen LogP contribution in [-0.4, -0.2) is 50.4 Å². The van der Waals surface area contributed by atoms with Crippen LogP contribution in [0.1, 0.15) is 32.3 Å². The minimum atomic E-state index is -3.44. The Labute approximate surface area is 143 Å². The van der Waals surface area contributed by atoms with Crippen LogP contribution in [0, 0.1) is 0 Å². The highest BCUT2D eigenvalue weighted by molar-refractivity contribution is 7.88. The predicted molar refractivity (Wildman–Crippen MR) is 92.1 cm³/mol. The van der Waals surface area contributed by atoms with Crippen LogP contribution in [0.4, 0.5) is 0 Å². The molecule has 132 valence electrons. The molecule has 24 heavy (non-hydrogen) atoms. The number of hydrogen-bond acceptors (Lipinski definition) is 4. The monoisotopic (exact) mass is 352 g/mol. The third-order valence-corrected chi connectivity index (χ3v) is 5.47. The number of sulfonamides is 1. The number of nitrogens with one attached hydrogen (secondary N) is 1. The zero-order valence-electron chi connectivity index (χ0n) is 14.3. The molecule has 1 aliphatic heterocycles. The summed E-state index contributed by atoms with van der Waals surface area (Å²) in [5, 5.41) is 0. The number of amides is 1. The first-order valence-corrected chi connectivity index (χ1v) is 9.87. The average Bonchev–Trinajstić information content (AvgIpc) is 2.53. The predicted octanol–water partition coefficient (Wildman–Crippen LogP) is 1.07. The lowest BCUT2D eigenvalue weighted by molar-refractivity contribution is -0.136. The molecule has 0 aliphatic carbocycles. The fourth-order valence-electron chi connectivity index (χ4n) is 3.36. The molecule has 1 unspecified atom stereocenters. The van der Waals surface area contributed by atoms with Gasteiger partial charge in [-0.05, 0) is 32.3 Å². The minimum Gasteiger partial charge on any atom is -0.341 e. The molecule has 0 spiro atoms. The highest BCUT2D eigenvalue weighted by Gasteiger charge is 2.41. The lowest BCUT2D eigenvalue weighted by Crippen LogP contribution is -2.53. The van der Waals surface area contributed by atoms with E-state index in [0.29, 0.717) is 25.9 Å². The second-order valence-corrected chi connectivity index (χ2v) is 8.22. The first-order valence-electron chi connectivity index (χ1n) is 7.98. The maximum Gasteiger partial charge on any atom is 0.240 e. The van der Waals surface area contributed by atoms with Crippen molar-refractivity contribution in [1.29, 1.82) is 0 Å². The van der Waals surface area contributed by atoms with Crippen molar-refractivity contribution in [2.24, 2.45) is 0 Å². The van der Waals surface area contributed by atoms with Crippen LogP contribution in [-0.2, 0) is 25.0 Å². The fourth-order valence-corrected chi connectivity index (χ4v) is 4.10. The molecular formula is C17H24N2O4S. The van der Waals surface area contributed by atoms with Gasteiger partial charge in [0.1, 0.15) is 5.78 Å². The van der Waals surface area contributed by atoms with E-state index in [2.05, 4.69) is 4.72 Å². The molecule has 1 heterocycles. The maximum atomic E-state index is 12.4. The summed E-state index contributed by atoms with van der Waals surface area (Å²) in [6, 6.07) is 8.83. The first-order chi connectivity index (χ1) is 11.2. The van der Waals surface area contributed by atoms with Crippen LogP contribution in [0.25, 0.3) is 0 Å². The molecule has 1 aromatic rings. The molecule has 1 atom stereocenters. The van der Waals surface area contributed by atoms with Gasteiger partial charge >= 0.3 is 0 Å². The second-order valence-electron chi connectivity index (χ2n) is 6.44. The van der Waals surface area contributed by atoms with Crippen LogP contribution in [0.2, 0.25) is 0 Å². The van der Waals surface area contributed by atoms with Gasteiger partial charge in [-0.2, -0.15) is 0 Å². The molecule has 1 aromatic carbocycles. The van der Waals surface area contributed by atoms with Crippen LogP contribution in [0.3, 0.4) is 0 Å². The molecule has 2 rings (SSSR count).